The van der Waals surface area contributed by atoms with Crippen LogP contribution in [-0.4, -0.2) is 55.7 Å². The summed E-state index contributed by atoms with van der Waals surface area (Å²) in [7, 11) is 0. The zero-order valence-electron chi connectivity index (χ0n) is 15.7. The summed E-state index contributed by atoms with van der Waals surface area (Å²) >= 11 is 0. The van der Waals surface area contributed by atoms with Crippen molar-refractivity contribution in [2.24, 2.45) is 0 Å². The molecular weight excluding hydrogens is 368 g/mol. The maximum Gasteiger partial charge on any atom is 0.229 e. The van der Waals surface area contributed by atoms with Crippen molar-refractivity contribution in [2.45, 2.75) is 0 Å². The molecule has 5 rings (SSSR count). The molecule has 0 radical (unpaired) electrons. The van der Waals surface area contributed by atoms with Crippen LogP contribution in [0.1, 0.15) is 0 Å². The molecule has 0 aromatic carbocycles. The van der Waals surface area contributed by atoms with E-state index in [2.05, 4.69) is 29.7 Å². The second kappa shape index (κ2) is 6.89. The summed E-state index contributed by atoms with van der Waals surface area (Å²) < 4.78 is 1.90. The van der Waals surface area contributed by atoms with E-state index in [1.54, 1.807) is 24.9 Å². The lowest BCUT2D eigenvalue weighted by Crippen LogP contribution is -2.47. The lowest BCUT2D eigenvalue weighted by atomic mass is 10.3. The van der Waals surface area contributed by atoms with Crippen molar-refractivity contribution >= 4 is 34.4 Å². The summed E-state index contributed by atoms with van der Waals surface area (Å²) in [6.45, 7) is 3.14. The first kappa shape index (κ1) is 17.2. The highest BCUT2D eigenvalue weighted by Gasteiger charge is 2.22. The lowest BCUT2D eigenvalue weighted by molar-refractivity contribution is 0.636. The predicted octanol–water partition coefficient (Wildman–Crippen LogP) is 1.10. The standard InChI is InChI=1S/C19H20N10/c20-13-1-2-15(23-11-13)27-7-9-28(10-8-27)19-25-17(21)16-18(26-19)29(12-24-16)14-3-5-22-6-4-14/h1-6,11-12H,7-10,20H2,(H2,21,25,26). The SMILES string of the molecule is Nc1ccc(N2CCN(c3nc(N)c4ncn(-c5ccncc5)c4n3)CC2)nc1. The van der Waals surface area contributed by atoms with Crippen LogP contribution >= 0.6 is 0 Å². The quantitative estimate of drug-likeness (QED) is 0.530. The molecule has 0 amide bonds. The van der Waals surface area contributed by atoms with Gasteiger partial charge in [-0.15, -0.1) is 0 Å². The Bertz CT molecular complexity index is 1130. The Kier molecular flexibility index (Phi) is 4.08. The number of anilines is 4. The van der Waals surface area contributed by atoms with Crippen LogP contribution in [0.4, 0.5) is 23.3 Å². The summed E-state index contributed by atoms with van der Waals surface area (Å²) in [6, 6.07) is 7.61. The molecule has 5 heterocycles. The van der Waals surface area contributed by atoms with Crippen LogP contribution in [-0.2, 0) is 0 Å². The summed E-state index contributed by atoms with van der Waals surface area (Å²) in [5.74, 6) is 1.90. The van der Waals surface area contributed by atoms with Gasteiger partial charge in [0.1, 0.15) is 12.1 Å². The number of rotatable bonds is 3. The number of aromatic nitrogens is 6. The zero-order chi connectivity index (χ0) is 19.8. The third-order valence-corrected chi connectivity index (χ3v) is 5.01. The molecule has 146 valence electrons. The van der Waals surface area contributed by atoms with Crippen molar-refractivity contribution in [3.63, 3.8) is 0 Å². The molecule has 1 aliphatic rings. The predicted molar refractivity (Wildman–Crippen MR) is 112 cm³/mol. The van der Waals surface area contributed by atoms with E-state index in [0.717, 1.165) is 37.7 Å². The number of piperazine rings is 1. The van der Waals surface area contributed by atoms with E-state index < -0.39 is 0 Å². The van der Waals surface area contributed by atoms with E-state index in [1.165, 1.54) is 0 Å². The number of hydrogen-bond acceptors (Lipinski definition) is 9. The average Bonchev–Trinajstić information content (AvgIpc) is 3.20. The fourth-order valence-corrected chi connectivity index (χ4v) is 3.47. The van der Waals surface area contributed by atoms with E-state index in [-0.39, 0.29) is 0 Å². The van der Waals surface area contributed by atoms with Crippen LogP contribution in [0.25, 0.3) is 16.9 Å². The number of imidazole rings is 1. The van der Waals surface area contributed by atoms with Crippen molar-refractivity contribution in [1.82, 2.24) is 29.5 Å². The molecule has 0 bridgehead atoms. The monoisotopic (exact) mass is 388 g/mol. The summed E-state index contributed by atoms with van der Waals surface area (Å²) in [5.41, 5.74) is 14.8. The Morgan fingerprint density at radius 1 is 0.828 bits per heavy atom. The highest BCUT2D eigenvalue weighted by Crippen LogP contribution is 2.24. The highest BCUT2D eigenvalue weighted by atomic mass is 15.3. The number of hydrogen-bond donors (Lipinski definition) is 2. The number of nitrogen functional groups attached to an aromatic ring is 2. The van der Waals surface area contributed by atoms with Gasteiger partial charge < -0.3 is 21.3 Å². The molecule has 10 nitrogen and oxygen atoms in total. The van der Waals surface area contributed by atoms with E-state index in [4.69, 9.17) is 16.5 Å². The minimum atomic E-state index is 0.375. The Balaban J connectivity index is 1.42. The highest BCUT2D eigenvalue weighted by molar-refractivity contribution is 5.84. The topological polar surface area (TPSA) is 128 Å². The Morgan fingerprint density at radius 3 is 2.31 bits per heavy atom. The van der Waals surface area contributed by atoms with Crippen molar-refractivity contribution in [3.05, 3.63) is 49.2 Å². The van der Waals surface area contributed by atoms with Crippen LogP contribution in [0.5, 0.6) is 0 Å². The zero-order valence-corrected chi connectivity index (χ0v) is 15.7. The third kappa shape index (κ3) is 3.14. The molecule has 0 saturated carbocycles. The molecule has 0 atom stereocenters. The van der Waals surface area contributed by atoms with Gasteiger partial charge in [0.15, 0.2) is 17.0 Å². The van der Waals surface area contributed by atoms with E-state index >= 15 is 0 Å². The number of fused-ring (bicyclic) bond motifs is 1. The second-order valence-electron chi connectivity index (χ2n) is 6.82. The fourth-order valence-electron chi connectivity index (χ4n) is 3.47. The van der Waals surface area contributed by atoms with Crippen LogP contribution < -0.4 is 21.3 Å². The molecule has 1 saturated heterocycles. The molecule has 0 aliphatic carbocycles. The van der Waals surface area contributed by atoms with E-state index in [9.17, 15) is 0 Å². The summed E-state index contributed by atoms with van der Waals surface area (Å²) in [5, 5.41) is 0. The van der Waals surface area contributed by atoms with Crippen LogP contribution in [0, 0.1) is 0 Å². The van der Waals surface area contributed by atoms with Crippen LogP contribution in [0.2, 0.25) is 0 Å². The first-order valence-electron chi connectivity index (χ1n) is 9.31. The summed E-state index contributed by atoms with van der Waals surface area (Å²) in [6.07, 6.45) is 6.85. The molecule has 4 aromatic heterocycles. The van der Waals surface area contributed by atoms with Crippen molar-refractivity contribution < 1.29 is 0 Å². The van der Waals surface area contributed by atoms with E-state index in [1.807, 2.05) is 28.8 Å². The number of pyridine rings is 2. The fraction of sp³-hybridized carbons (Fsp3) is 0.211. The normalized spacial score (nSPS) is 14.5. The molecule has 4 N–H and O–H groups in total. The summed E-state index contributed by atoms with van der Waals surface area (Å²) in [4.78, 5) is 26.5. The molecule has 0 unspecified atom stereocenters. The molecule has 10 heteroatoms. The molecule has 4 aromatic rings. The molecular formula is C19H20N10. The van der Waals surface area contributed by atoms with Gasteiger partial charge in [-0.05, 0) is 24.3 Å². The maximum atomic E-state index is 6.19. The number of nitrogens with two attached hydrogens (primary N) is 2. The average molecular weight is 388 g/mol. The minimum absolute atomic E-state index is 0.375. The van der Waals surface area contributed by atoms with E-state index in [0.29, 0.717) is 28.6 Å². The van der Waals surface area contributed by atoms with Gasteiger partial charge in [-0.1, -0.05) is 0 Å². The largest absolute Gasteiger partial charge is 0.397 e. The minimum Gasteiger partial charge on any atom is -0.397 e. The van der Waals surface area contributed by atoms with Gasteiger partial charge in [-0.3, -0.25) is 9.55 Å². The van der Waals surface area contributed by atoms with Crippen molar-refractivity contribution in [2.75, 3.05) is 47.4 Å². The lowest BCUT2D eigenvalue weighted by Gasteiger charge is -2.35. The molecule has 29 heavy (non-hydrogen) atoms. The van der Waals surface area contributed by atoms with Gasteiger partial charge in [-0.2, -0.15) is 9.97 Å². The first-order chi connectivity index (χ1) is 14.2. The van der Waals surface area contributed by atoms with Crippen molar-refractivity contribution in [1.29, 1.82) is 0 Å². The third-order valence-electron chi connectivity index (χ3n) is 5.01. The number of nitrogens with zero attached hydrogens (tertiary/aromatic N) is 8. The first-order valence-corrected chi connectivity index (χ1v) is 9.31. The van der Waals surface area contributed by atoms with Gasteiger partial charge in [0.25, 0.3) is 0 Å². The van der Waals surface area contributed by atoms with Crippen LogP contribution in [0.3, 0.4) is 0 Å². The van der Waals surface area contributed by atoms with Crippen molar-refractivity contribution in [3.8, 4) is 5.69 Å². The van der Waals surface area contributed by atoms with Gasteiger partial charge >= 0.3 is 0 Å². The van der Waals surface area contributed by atoms with Gasteiger partial charge in [0.2, 0.25) is 5.95 Å². The molecule has 1 fully saturated rings. The Labute approximate surface area is 166 Å². The van der Waals surface area contributed by atoms with Gasteiger partial charge in [0, 0.05) is 38.6 Å². The van der Waals surface area contributed by atoms with Crippen LogP contribution in [0.15, 0.2) is 49.2 Å². The Hall–Kier alpha value is -3.95. The molecule has 0 spiro atoms. The van der Waals surface area contributed by atoms with Gasteiger partial charge in [-0.25, -0.2) is 9.97 Å². The van der Waals surface area contributed by atoms with Gasteiger partial charge in [0.05, 0.1) is 17.6 Å². The smallest absolute Gasteiger partial charge is 0.229 e. The molecule has 1 aliphatic heterocycles. The Morgan fingerprint density at radius 2 is 1.59 bits per heavy atom. The maximum absolute atomic E-state index is 6.19. The second-order valence-corrected chi connectivity index (χ2v) is 6.82.